The second-order valence-corrected chi connectivity index (χ2v) is 5.56. The minimum Gasteiger partial charge on any atom is -0.392 e. The van der Waals surface area contributed by atoms with Gasteiger partial charge in [-0.1, -0.05) is 36.4 Å². The fourth-order valence-electron chi connectivity index (χ4n) is 1.75. The second-order valence-electron chi connectivity index (χ2n) is 4.51. The van der Waals surface area contributed by atoms with E-state index in [1.807, 2.05) is 48.5 Å². The lowest BCUT2D eigenvalue weighted by atomic mass is 10.1. The van der Waals surface area contributed by atoms with Gasteiger partial charge in [0.1, 0.15) is 0 Å². The maximum atomic E-state index is 9.44. The van der Waals surface area contributed by atoms with Crippen LogP contribution in [0.4, 0.5) is 0 Å². The smallest absolute Gasteiger partial charge is 0.0761 e. The van der Waals surface area contributed by atoms with Crippen molar-refractivity contribution in [2.75, 3.05) is 0 Å². The number of benzene rings is 2. The van der Waals surface area contributed by atoms with Gasteiger partial charge in [-0.2, -0.15) is 0 Å². The molecule has 3 heteroatoms. The number of aliphatic hydroxyl groups excluding tert-OH is 2. The van der Waals surface area contributed by atoms with Crippen molar-refractivity contribution < 1.29 is 10.2 Å². The van der Waals surface area contributed by atoms with Crippen molar-refractivity contribution >= 4 is 11.8 Å². The summed E-state index contributed by atoms with van der Waals surface area (Å²) in [5, 5.41) is 18.4. The molecule has 2 N–H and O–H groups in total. The molecule has 0 amide bonds. The molecular formula is C16H18O2S. The van der Waals surface area contributed by atoms with Crippen LogP contribution < -0.4 is 0 Å². The van der Waals surface area contributed by atoms with Crippen molar-refractivity contribution in [1.82, 2.24) is 0 Å². The van der Waals surface area contributed by atoms with Gasteiger partial charge in [0.05, 0.1) is 12.7 Å². The zero-order valence-electron chi connectivity index (χ0n) is 10.9. The molecule has 0 aliphatic heterocycles. The van der Waals surface area contributed by atoms with Crippen LogP contribution in [0.2, 0.25) is 0 Å². The first-order valence-corrected chi connectivity index (χ1v) is 7.27. The van der Waals surface area contributed by atoms with Gasteiger partial charge in [0.2, 0.25) is 0 Å². The van der Waals surface area contributed by atoms with Gasteiger partial charge in [0.15, 0.2) is 0 Å². The topological polar surface area (TPSA) is 40.5 Å². The van der Waals surface area contributed by atoms with Crippen molar-refractivity contribution in [1.29, 1.82) is 0 Å². The first-order chi connectivity index (χ1) is 9.19. The molecule has 2 rings (SSSR count). The molecule has 1 unspecified atom stereocenters. The van der Waals surface area contributed by atoms with Crippen molar-refractivity contribution in [2.45, 2.75) is 30.3 Å². The largest absolute Gasteiger partial charge is 0.392 e. The van der Waals surface area contributed by atoms with E-state index in [2.05, 4.69) is 0 Å². The zero-order valence-corrected chi connectivity index (χ0v) is 11.7. The Bertz CT molecular complexity index is 503. The molecule has 0 saturated carbocycles. The van der Waals surface area contributed by atoms with Gasteiger partial charge in [-0.05, 0) is 35.7 Å². The summed E-state index contributed by atoms with van der Waals surface area (Å²) in [5.41, 5.74) is 3.12. The Kier molecular flexibility index (Phi) is 5.02. The molecular weight excluding hydrogens is 256 g/mol. The Morgan fingerprint density at radius 3 is 2.05 bits per heavy atom. The van der Waals surface area contributed by atoms with E-state index in [9.17, 15) is 5.11 Å². The molecule has 0 saturated heterocycles. The van der Waals surface area contributed by atoms with Gasteiger partial charge in [-0.25, -0.2) is 0 Å². The van der Waals surface area contributed by atoms with Crippen LogP contribution in [-0.4, -0.2) is 10.2 Å². The Hall–Kier alpha value is -1.29. The SMILES string of the molecule is CC(O)c1ccc(SCc2ccc(CO)cc2)cc1. The van der Waals surface area contributed by atoms with Crippen LogP contribution in [0.1, 0.15) is 29.7 Å². The normalized spacial score (nSPS) is 12.4. The molecule has 19 heavy (non-hydrogen) atoms. The van der Waals surface area contributed by atoms with E-state index < -0.39 is 6.10 Å². The molecule has 0 heterocycles. The highest BCUT2D eigenvalue weighted by Crippen LogP contribution is 2.24. The quantitative estimate of drug-likeness (QED) is 0.820. The van der Waals surface area contributed by atoms with E-state index in [1.54, 1.807) is 18.7 Å². The molecule has 100 valence electrons. The summed E-state index contributed by atoms with van der Waals surface area (Å²) < 4.78 is 0. The maximum Gasteiger partial charge on any atom is 0.0761 e. The Labute approximate surface area is 118 Å². The second kappa shape index (κ2) is 6.75. The number of rotatable bonds is 5. The summed E-state index contributed by atoms with van der Waals surface area (Å²) in [6.07, 6.45) is -0.412. The van der Waals surface area contributed by atoms with Crippen LogP contribution in [-0.2, 0) is 12.4 Å². The Morgan fingerprint density at radius 2 is 1.53 bits per heavy atom. The van der Waals surface area contributed by atoms with Crippen LogP contribution in [0, 0.1) is 0 Å². The van der Waals surface area contributed by atoms with Crippen molar-refractivity contribution in [2.24, 2.45) is 0 Å². The monoisotopic (exact) mass is 274 g/mol. The van der Waals surface area contributed by atoms with Crippen LogP contribution in [0.25, 0.3) is 0 Å². The lowest BCUT2D eigenvalue weighted by Gasteiger charge is -2.06. The van der Waals surface area contributed by atoms with Crippen LogP contribution in [0.3, 0.4) is 0 Å². The predicted octanol–water partition coefficient (Wildman–Crippen LogP) is 3.52. The van der Waals surface area contributed by atoms with E-state index in [1.165, 1.54) is 10.5 Å². The third kappa shape index (κ3) is 4.10. The summed E-state index contributed by atoms with van der Waals surface area (Å²) in [4.78, 5) is 1.19. The highest BCUT2D eigenvalue weighted by Gasteiger charge is 2.01. The highest BCUT2D eigenvalue weighted by molar-refractivity contribution is 7.98. The molecule has 2 nitrogen and oxygen atoms in total. The highest BCUT2D eigenvalue weighted by atomic mass is 32.2. The Morgan fingerprint density at radius 1 is 0.947 bits per heavy atom. The number of hydrogen-bond donors (Lipinski definition) is 2. The van der Waals surface area contributed by atoms with Gasteiger partial charge >= 0.3 is 0 Å². The third-order valence-electron chi connectivity index (χ3n) is 2.97. The summed E-state index contributed by atoms with van der Waals surface area (Å²) in [7, 11) is 0. The average Bonchev–Trinajstić information content (AvgIpc) is 2.46. The molecule has 0 spiro atoms. The average molecular weight is 274 g/mol. The van der Waals surface area contributed by atoms with Crippen LogP contribution in [0.5, 0.6) is 0 Å². The third-order valence-corrected chi connectivity index (χ3v) is 4.06. The standard InChI is InChI=1S/C16H18O2S/c1-12(18)15-6-8-16(9-7-15)19-11-14-4-2-13(10-17)3-5-14/h2-9,12,17-18H,10-11H2,1H3. The van der Waals surface area contributed by atoms with E-state index in [0.717, 1.165) is 16.9 Å². The molecule has 2 aromatic rings. The first kappa shape index (κ1) is 14.1. The van der Waals surface area contributed by atoms with Crippen molar-refractivity contribution in [3.05, 3.63) is 65.2 Å². The van der Waals surface area contributed by atoms with E-state index in [4.69, 9.17) is 5.11 Å². The summed E-state index contributed by atoms with van der Waals surface area (Å²) in [6.45, 7) is 1.86. The molecule has 0 radical (unpaired) electrons. The first-order valence-electron chi connectivity index (χ1n) is 6.28. The molecule has 0 aliphatic rings. The van der Waals surface area contributed by atoms with Crippen molar-refractivity contribution in [3.63, 3.8) is 0 Å². The van der Waals surface area contributed by atoms with Crippen molar-refractivity contribution in [3.8, 4) is 0 Å². The molecule has 2 aromatic carbocycles. The van der Waals surface area contributed by atoms with E-state index >= 15 is 0 Å². The lowest BCUT2D eigenvalue weighted by molar-refractivity contribution is 0.199. The van der Waals surface area contributed by atoms with Gasteiger partial charge in [-0.3, -0.25) is 0 Å². The number of hydrogen-bond acceptors (Lipinski definition) is 3. The van der Waals surface area contributed by atoms with Gasteiger partial charge in [0, 0.05) is 10.6 Å². The minimum absolute atomic E-state index is 0.0915. The van der Waals surface area contributed by atoms with Gasteiger partial charge in [-0.15, -0.1) is 11.8 Å². The number of aliphatic hydroxyl groups is 2. The minimum atomic E-state index is -0.412. The fourth-order valence-corrected chi connectivity index (χ4v) is 2.60. The molecule has 0 bridgehead atoms. The number of thioether (sulfide) groups is 1. The summed E-state index contributed by atoms with van der Waals surface area (Å²) in [6, 6.07) is 16.0. The Balaban J connectivity index is 1.94. The molecule has 1 atom stereocenters. The van der Waals surface area contributed by atoms with Gasteiger partial charge in [0.25, 0.3) is 0 Å². The molecule has 0 aromatic heterocycles. The summed E-state index contributed by atoms with van der Waals surface area (Å²) >= 11 is 1.76. The zero-order chi connectivity index (χ0) is 13.7. The fraction of sp³-hybridized carbons (Fsp3) is 0.250. The lowest BCUT2D eigenvalue weighted by Crippen LogP contribution is -1.89. The molecule has 0 fully saturated rings. The van der Waals surface area contributed by atoms with Crippen LogP contribution in [0.15, 0.2) is 53.4 Å². The maximum absolute atomic E-state index is 9.44. The van der Waals surface area contributed by atoms with Crippen LogP contribution >= 0.6 is 11.8 Å². The van der Waals surface area contributed by atoms with E-state index in [0.29, 0.717) is 0 Å². The van der Waals surface area contributed by atoms with E-state index in [-0.39, 0.29) is 6.61 Å². The van der Waals surface area contributed by atoms with Gasteiger partial charge < -0.3 is 10.2 Å². The summed E-state index contributed by atoms with van der Waals surface area (Å²) in [5.74, 6) is 0.903. The molecule has 0 aliphatic carbocycles. The predicted molar refractivity (Wildman–Crippen MR) is 79.0 cm³/mol.